The number of hydrogen-bond donors (Lipinski definition) is 0. The number of hydrogen-bond acceptors (Lipinski definition) is 3. The maximum absolute atomic E-state index is 4.48. The summed E-state index contributed by atoms with van der Waals surface area (Å²) in [6.07, 6.45) is 1.91. The van der Waals surface area contributed by atoms with Crippen molar-refractivity contribution in [1.82, 2.24) is 9.97 Å². The Morgan fingerprint density at radius 2 is 1.94 bits per heavy atom. The molecule has 3 aromatic rings. The third-order valence-electron chi connectivity index (χ3n) is 2.45. The van der Waals surface area contributed by atoms with Crippen molar-refractivity contribution in [2.24, 2.45) is 0 Å². The number of aromatic nitrogens is 2. The third kappa shape index (κ3) is 1.59. The number of aryl methyl sites for hydroxylation is 1. The molecule has 3 heteroatoms. The van der Waals surface area contributed by atoms with Crippen molar-refractivity contribution in [3.63, 3.8) is 0 Å². The van der Waals surface area contributed by atoms with E-state index in [1.54, 1.807) is 11.3 Å². The lowest BCUT2D eigenvalue weighted by Gasteiger charge is -1.99. The van der Waals surface area contributed by atoms with Crippen LogP contribution in [0.4, 0.5) is 0 Å². The first-order valence-corrected chi connectivity index (χ1v) is 5.93. The SMILES string of the molecule is Cc1nc2cc(-c3ccccc3)ncc2s1. The molecule has 0 atom stereocenters. The van der Waals surface area contributed by atoms with Crippen LogP contribution in [0.5, 0.6) is 0 Å². The zero-order valence-electron chi connectivity index (χ0n) is 8.84. The van der Waals surface area contributed by atoms with Gasteiger partial charge in [-0.3, -0.25) is 4.98 Å². The van der Waals surface area contributed by atoms with Crippen LogP contribution in [-0.2, 0) is 0 Å². The number of rotatable bonds is 1. The Balaban J connectivity index is 2.18. The minimum Gasteiger partial charge on any atom is -0.255 e. The van der Waals surface area contributed by atoms with E-state index in [0.717, 1.165) is 26.5 Å². The molecule has 0 aliphatic carbocycles. The Morgan fingerprint density at radius 3 is 2.75 bits per heavy atom. The molecule has 1 aromatic carbocycles. The molecule has 0 unspecified atom stereocenters. The molecule has 2 nitrogen and oxygen atoms in total. The summed E-state index contributed by atoms with van der Waals surface area (Å²) in [7, 11) is 0. The fraction of sp³-hybridized carbons (Fsp3) is 0.0769. The summed E-state index contributed by atoms with van der Waals surface area (Å²) in [5, 5.41) is 1.09. The van der Waals surface area contributed by atoms with Gasteiger partial charge in [0.15, 0.2) is 0 Å². The molecular formula is C13H10N2S. The van der Waals surface area contributed by atoms with E-state index in [1.807, 2.05) is 37.4 Å². The predicted molar refractivity (Wildman–Crippen MR) is 67.6 cm³/mol. The summed E-state index contributed by atoms with van der Waals surface area (Å²) in [6, 6.07) is 12.2. The minimum atomic E-state index is 0.985. The van der Waals surface area contributed by atoms with Gasteiger partial charge in [0.25, 0.3) is 0 Å². The largest absolute Gasteiger partial charge is 0.255 e. The number of nitrogens with zero attached hydrogens (tertiary/aromatic N) is 2. The van der Waals surface area contributed by atoms with Crippen LogP contribution in [0.2, 0.25) is 0 Å². The molecule has 0 radical (unpaired) electrons. The highest BCUT2D eigenvalue weighted by molar-refractivity contribution is 7.18. The molecule has 78 valence electrons. The Bertz CT molecular complexity index is 629. The molecule has 0 saturated heterocycles. The quantitative estimate of drug-likeness (QED) is 0.632. The molecule has 3 rings (SSSR count). The molecule has 0 saturated carbocycles. The summed E-state index contributed by atoms with van der Waals surface area (Å²) in [4.78, 5) is 8.94. The van der Waals surface area contributed by atoms with Crippen LogP contribution in [0, 0.1) is 6.92 Å². The highest BCUT2D eigenvalue weighted by atomic mass is 32.1. The Hall–Kier alpha value is -1.74. The third-order valence-corrected chi connectivity index (χ3v) is 3.37. The van der Waals surface area contributed by atoms with E-state index in [4.69, 9.17) is 0 Å². The topological polar surface area (TPSA) is 25.8 Å². The van der Waals surface area contributed by atoms with Gasteiger partial charge in [-0.25, -0.2) is 4.98 Å². The second kappa shape index (κ2) is 3.68. The molecule has 0 N–H and O–H groups in total. The van der Waals surface area contributed by atoms with E-state index in [1.165, 1.54) is 0 Å². The van der Waals surface area contributed by atoms with E-state index in [2.05, 4.69) is 22.1 Å². The number of benzene rings is 1. The zero-order valence-corrected chi connectivity index (χ0v) is 9.66. The van der Waals surface area contributed by atoms with Gasteiger partial charge in [0.1, 0.15) is 0 Å². The maximum Gasteiger partial charge on any atom is 0.0908 e. The van der Waals surface area contributed by atoms with Crippen molar-refractivity contribution in [1.29, 1.82) is 0 Å². The van der Waals surface area contributed by atoms with Crippen LogP contribution in [0.25, 0.3) is 21.5 Å². The average Bonchev–Trinajstić information content (AvgIpc) is 2.69. The van der Waals surface area contributed by atoms with E-state index >= 15 is 0 Å². The molecule has 0 fully saturated rings. The van der Waals surface area contributed by atoms with Gasteiger partial charge in [0.05, 0.1) is 20.9 Å². The first kappa shape index (κ1) is 9.48. The van der Waals surface area contributed by atoms with Crippen LogP contribution < -0.4 is 0 Å². The number of pyridine rings is 1. The molecule has 0 aliphatic rings. The Morgan fingerprint density at radius 1 is 1.12 bits per heavy atom. The monoisotopic (exact) mass is 226 g/mol. The lowest BCUT2D eigenvalue weighted by Crippen LogP contribution is -1.82. The Kier molecular flexibility index (Phi) is 2.18. The fourth-order valence-corrected chi connectivity index (χ4v) is 2.49. The lowest BCUT2D eigenvalue weighted by atomic mass is 10.1. The molecule has 2 aromatic heterocycles. The first-order valence-electron chi connectivity index (χ1n) is 5.11. The van der Waals surface area contributed by atoms with Crippen molar-refractivity contribution in [3.8, 4) is 11.3 Å². The van der Waals surface area contributed by atoms with Crippen molar-refractivity contribution in [2.75, 3.05) is 0 Å². The lowest BCUT2D eigenvalue weighted by molar-refractivity contribution is 1.32. The van der Waals surface area contributed by atoms with E-state index in [9.17, 15) is 0 Å². The normalized spacial score (nSPS) is 10.8. The summed E-state index contributed by atoms with van der Waals surface area (Å²) < 4.78 is 1.15. The van der Waals surface area contributed by atoms with Gasteiger partial charge >= 0.3 is 0 Å². The van der Waals surface area contributed by atoms with Crippen molar-refractivity contribution in [3.05, 3.63) is 47.6 Å². The van der Waals surface area contributed by atoms with Gasteiger partial charge < -0.3 is 0 Å². The second-order valence-electron chi connectivity index (χ2n) is 3.64. The van der Waals surface area contributed by atoms with Crippen LogP contribution in [0.1, 0.15) is 5.01 Å². The summed E-state index contributed by atoms with van der Waals surface area (Å²) in [5.74, 6) is 0. The van der Waals surface area contributed by atoms with Crippen molar-refractivity contribution < 1.29 is 0 Å². The van der Waals surface area contributed by atoms with Crippen LogP contribution in [-0.4, -0.2) is 9.97 Å². The van der Waals surface area contributed by atoms with Crippen molar-refractivity contribution in [2.45, 2.75) is 6.92 Å². The van der Waals surface area contributed by atoms with Crippen LogP contribution in [0.3, 0.4) is 0 Å². The molecule has 0 aliphatic heterocycles. The van der Waals surface area contributed by atoms with E-state index < -0.39 is 0 Å². The van der Waals surface area contributed by atoms with Gasteiger partial charge in [-0.05, 0) is 13.0 Å². The molecule has 16 heavy (non-hydrogen) atoms. The predicted octanol–water partition coefficient (Wildman–Crippen LogP) is 3.67. The van der Waals surface area contributed by atoms with Crippen LogP contribution in [0.15, 0.2) is 42.6 Å². The van der Waals surface area contributed by atoms with Gasteiger partial charge in [-0.2, -0.15) is 0 Å². The minimum absolute atomic E-state index is 0.985. The van der Waals surface area contributed by atoms with Gasteiger partial charge in [0, 0.05) is 11.8 Å². The van der Waals surface area contributed by atoms with Gasteiger partial charge in [-0.1, -0.05) is 30.3 Å². The number of fused-ring (bicyclic) bond motifs is 1. The van der Waals surface area contributed by atoms with E-state index in [0.29, 0.717) is 0 Å². The van der Waals surface area contributed by atoms with Crippen molar-refractivity contribution >= 4 is 21.6 Å². The first-order chi connectivity index (χ1) is 7.83. The molecular weight excluding hydrogens is 216 g/mol. The Labute approximate surface area is 97.6 Å². The standard InChI is InChI=1S/C13H10N2S/c1-9-15-12-7-11(14-8-13(12)16-9)10-5-3-2-4-6-10/h2-8H,1H3. The summed E-state index contributed by atoms with van der Waals surface area (Å²) >= 11 is 1.68. The van der Waals surface area contributed by atoms with Crippen LogP contribution >= 0.6 is 11.3 Å². The highest BCUT2D eigenvalue weighted by Gasteiger charge is 2.04. The van der Waals surface area contributed by atoms with Gasteiger partial charge in [0.2, 0.25) is 0 Å². The maximum atomic E-state index is 4.48. The molecule has 0 amide bonds. The molecule has 0 bridgehead atoms. The van der Waals surface area contributed by atoms with E-state index in [-0.39, 0.29) is 0 Å². The highest BCUT2D eigenvalue weighted by Crippen LogP contribution is 2.25. The van der Waals surface area contributed by atoms with Gasteiger partial charge in [-0.15, -0.1) is 11.3 Å². The fourth-order valence-electron chi connectivity index (χ4n) is 1.72. The summed E-state index contributed by atoms with van der Waals surface area (Å²) in [6.45, 7) is 2.02. The zero-order chi connectivity index (χ0) is 11.0. The average molecular weight is 226 g/mol. The summed E-state index contributed by atoms with van der Waals surface area (Å²) in [5.41, 5.74) is 3.16. The molecule has 0 spiro atoms. The molecule has 2 heterocycles. The second-order valence-corrected chi connectivity index (χ2v) is 4.87. The number of thiazole rings is 1. The smallest absolute Gasteiger partial charge is 0.0908 e.